The standard InChI is InChI=1S/C18H19NO4/c1-3-13-8-4-7-11-16(13)23-12-17(20)19-15-10-6-5-9-14(15)18(21)22-2/h4-11H,3,12H2,1-2H3,(H,19,20). The van der Waals surface area contributed by atoms with Crippen molar-refractivity contribution in [1.29, 1.82) is 0 Å². The van der Waals surface area contributed by atoms with Crippen LogP contribution in [0.3, 0.4) is 0 Å². The Labute approximate surface area is 135 Å². The Kier molecular flexibility index (Phi) is 5.74. The summed E-state index contributed by atoms with van der Waals surface area (Å²) in [5.41, 5.74) is 1.74. The molecule has 2 rings (SSSR count). The van der Waals surface area contributed by atoms with Crippen molar-refractivity contribution in [3.8, 4) is 5.75 Å². The molecule has 1 N–H and O–H groups in total. The highest BCUT2D eigenvalue weighted by atomic mass is 16.5. The van der Waals surface area contributed by atoms with Crippen LogP contribution in [0.25, 0.3) is 0 Å². The fourth-order valence-corrected chi connectivity index (χ4v) is 2.15. The van der Waals surface area contributed by atoms with E-state index in [2.05, 4.69) is 5.32 Å². The summed E-state index contributed by atoms with van der Waals surface area (Å²) in [7, 11) is 1.30. The molecule has 2 aromatic rings. The smallest absolute Gasteiger partial charge is 0.339 e. The van der Waals surface area contributed by atoms with E-state index in [1.54, 1.807) is 24.3 Å². The molecule has 5 nitrogen and oxygen atoms in total. The van der Waals surface area contributed by atoms with Crippen molar-refractivity contribution >= 4 is 17.6 Å². The van der Waals surface area contributed by atoms with Crippen LogP contribution >= 0.6 is 0 Å². The Morgan fingerprint density at radius 2 is 1.74 bits per heavy atom. The maximum Gasteiger partial charge on any atom is 0.339 e. The van der Waals surface area contributed by atoms with Crippen LogP contribution in [0.1, 0.15) is 22.8 Å². The summed E-state index contributed by atoms with van der Waals surface area (Å²) in [6.45, 7) is 1.89. The van der Waals surface area contributed by atoms with Gasteiger partial charge in [0.2, 0.25) is 0 Å². The number of benzene rings is 2. The van der Waals surface area contributed by atoms with Gasteiger partial charge < -0.3 is 14.8 Å². The molecule has 0 aliphatic heterocycles. The first-order valence-electron chi connectivity index (χ1n) is 7.33. The Hall–Kier alpha value is -2.82. The van der Waals surface area contributed by atoms with Crippen molar-refractivity contribution in [1.82, 2.24) is 0 Å². The number of amides is 1. The number of nitrogens with one attached hydrogen (secondary N) is 1. The molecule has 0 bridgehead atoms. The van der Waals surface area contributed by atoms with Crippen LogP contribution in [-0.2, 0) is 16.0 Å². The van der Waals surface area contributed by atoms with Crippen LogP contribution in [0, 0.1) is 0 Å². The van der Waals surface area contributed by atoms with Crippen LogP contribution in [0.4, 0.5) is 5.69 Å². The number of carbonyl (C=O) groups excluding carboxylic acids is 2. The summed E-state index contributed by atoms with van der Waals surface area (Å²) in [6.07, 6.45) is 0.822. The second-order valence-electron chi connectivity index (χ2n) is 4.84. The van der Waals surface area contributed by atoms with Crippen molar-refractivity contribution in [3.05, 3.63) is 59.7 Å². The molecule has 120 valence electrons. The van der Waals surface area contributed by atoms with E-state index in [0.29, 0.717) is 17.0 Å². The van der Waals surface area contributed by atoms with Gasteiger partial charge in [0.1, 0.15) is 5.75 Å². The molecule has 0 atom stereocenters. The first-order chi connectivity index (χ1) is 11.2. The fourth-order valence-electron chi connectivity index (χ4n) is 2.15. The van der Waals surface area contributed by atoms with Gasteiger partial charge in [0.25, 0.3) is 5.91 Å². The van der Waals surface area contributed by atoms with Crippen LogP contribution in [-0.4, -0.2) is 25.6 Å². The lowest BCUT2D eigenvalue weighted by Gasteiger charge is -2.12. The van der Waals surface area contributed by atoms with E-state index in [-0.39, 0.29) is 12.5 Å². The van der Waals surface area contributed by atoms with Crippen molar-refractivity contribution in [3.63, 3.8) is 0 Å². The van der Waals surface area contributed by atoms with Gasteiger partial charge in [-0.2, -0.15) is 0 Å². The predicted molar refractivity (Wildman–Crippen MR) is 87.7 cm³/mol. The van der Waals surface area contributed by atoms with E-state index >= 15 is 0 Å². The highest BCUT2D eigenvalue weighted by Gasteiger charge is 2.13. The number of ether oxygens (including phenoxy) is 2. The summed E-state index contributed by atoms with van der Waals surface area (Å²) in [4.78, 5) is 23.7. The molecule has 1 amide bonds. The highest BCUT2D eigenvalue weighted by molar-refractivity contribution is 6.01. The molecular formula is C18H19NO4. The van der Waals surface area contributed by atoms with E-state index in [4.69, 9.17) is 9.47 Å². The number of rotatable bonds is 6. The van der Waals surface area contributed by atoms with E-state index in [0.717, 1.165) is 12.0 Å². The number of para-hydroxylation sites is 2. The van der Waals surface area contributed by atoms with Crippen molar-refractivity contribution in [2.24, 2.45) is 0 Å². The van der Waals surface area contributed by atoms with Crippen molar-refractivity contribution in [2.75, 3.05) is 19.0 Å². The predicted octanol–water partition coefficient (Wildman–Crippen LogP) is 3.05. The fraction of sp³-hybridized carbons (Fsp3) is 0.222. The number of hydrogen-bond acceptors (Lipinski definition) is 4. The van der Waals surface area contributed by atoms with Gasteiger partial charge in [-0.05, 0) is 30.2 Å². The maximum atomic E-state index is 12.1. The molecule has 0 saturated carbocycles. The Balaban J connectivity index is 2.02. The van der Waals surface area contributed by atoms with Gasteiger partial charge in [-0.3, -0.25) is 4.79 Å². The van der Waals surface area contributed by atoms with Gasteiger partial charge in [-0.1, -0.05) is 37.3 Å². The van der Waals surface area contributed by atoms with E-state index < -0.39 is 5.97 Å². The number of anilines is 1. The Morgan fingerprint density at radius 3 is 2.48 bits per heavy atom. The van der Waals surface area contributed by atoms with Gasteiger partial charge >= 0.3 is 5.97 Å². The molecule has 0 aromatic heterocycles. The molecule has 0 aliphatic rings. The minimum Gasteiger partial charge on any atom is -0.483 e. The van der Waals surface area contributed by atoms with Gasteiger partial charge in [0, 0.05) is 0 Å². The molecule has 2 aromatic carbocycles. The third-order valence-electron chi connectivity index (χ3n) is 3.32. The molecule has 0 aliphatic carbocycles. The zero-order chi connectivity index (χ0) is 16.7. The van der Waals surface area contributed by atoms with Crippen LogP contribution < -0.4 is 10.1 Å². The second kappa shape index (κ2) is 7.98. The third kappa shape index (κ3) is 4.32. The Morgan fingerprint density at radius 1 is 1.04 bits per heavy atom. The molecule has 0 fully saturated rings. The van der Waals surface area contributed by atoms with Crippen LogP contribution in [0.15, 0.2) is 48.5 Å². The molecule has 0 unspecified atom stereocenters. The quantitative estimate of drug-likeness (QED) is 0.833. The summed E-state index contributed by atoms with van der Waals surface area (Å²) >= 11 is 0. The summed E-state index contributed by atoms with van der Waals surface area (Å²) in [5.74, 6) is -0.156. The number of carbonyl (C=O) groups is 2. The van der Waals surface area contributed by atoms with E-state index in [1.165, 1.54) is 7.11 Å². The van der Waals surface area contributed by atoms with Crippen LogP contribution in [0.2, 0.25) is 0 Å². The second-order valence-corrected chi connectivity index (χ2v) is 4.84. The zero-order valence-electron chi connectivity index (χ0n) is 13.2. The Bertz CT molecular complexity index is 697. The zero-order valence-corrected chi connectivity index (χ0v) is 13.2. The first kappa shape index (κ1) is 16.5. The van der Waals surface area contributed by atoms with Gasteiger partial charge in [0.05, 0.1) is 18.4 Å². The monoisotopic (exact) mass is 313 g/mol. The van der Waals surface area contributed by atoms with Gasteiger partial charge in [0.15, 0.2) is 6.61 Å². The number of esters is 1. The molecule has 0 saturated heterocycles. The SMILES string of the molecule is CCc1ccccc1OCC(=O)Nc1ccccc1C(=O)OC. The topological polar surface area (TPSA) is 64.6 Å². The van der Waals surface area contributed by atoms with E-state index in [9.17, 15) is 9.59 Å². The molecule has 0 radical (unpaired) electrons. The average molecular weight is 313 g/mol. The lowest BCUT2D eigenvalue weighted by Crippen LogP contribution is -2.22. The normalized spacial score (nSPS) is 10.0. The van der Waals surface area contributed by atoms with Crippen molar-refractivity contribution < 1.29 is 19.1 Å². The number of methoxy groups -OCH3 is 1. The summed E-state index contributed by atoms with van der Waals surface area (Å²) in [5, 5.41) is 2.67. The first-order valence-corrected chi connectivity index (χ1v) is 7.33. The highest BCUT2D eigenvalue weighted by Crippen LogP contribution is 2.19. The average Bonchev–Trinajstić information content (AvgIpc) is 2.60. The van der Waals surface area contributed by atoms with Crippen molar-refractivity contribution in [2.45, 2.75) is 13.3 Å². The lowest BCUT2D eigenvalue weighted by molar-refractivity contribution is -0.118. The summed E-state index contributed by atoms with van der Waals surface area (Å²) in [6, 6.07) is 14.2. The molecule has 23 heavy (non-hydrogen) atoms. The minimum atomic E-state index is -0.502. The maximum absolute atomic E-state index is 12.1. The molecular weight excluding hydrogens is 294 g/mol. The van der Waals surface area contributed by atoms with Gasteiger partial charge in [-0.15, -0.1) is 0 Å². The number of hydrogen-bond donors (Lipinski definition) is 1. The molecule has 0 heterocycles. The van der Waals surface area contributed by atoms with Gasteiger partial charge in [-0.25, -0.2) is 4.79 Å². The summed E-state index contributed by atoms with van der Waals surface area (Å²) < 4.78 is 10.3. The molecule has 0 spiro atoms. The van der Waals surface area contributed by atoms with E-state index in [1.807, 2.05) is 31.2 Å². The lowest BCUT2D eigenvalue weighted by atomic mass is 10.1. The van der Waals surface area contributed by atoms with Crippen LogP contribution in [0.5, 0.6) is 5.75 Å². The molecule has 5 heteroatoms. The number of aryl methyl sites for hydroxylation is 1. The third-order valence-corrected chi connectivity index (χ3v) is 3.32. The largest absolute Gasteiger partial charge is 0.483 e. The minimum absolute atomic E-state index is 0.132.